The average Bonchev–Trinajstić information content (AvgIpc) is 3.17. The van der Waals surface area contributed by atoms with Gasteiger partial charge in [0.2, 0.25) is 0 Å². The van der Waals surface area contributed by atoms with E-state index in [1.165, 1.54) is 66.3 Å². The number of hydrogen-bond donors (Lipinski definition) is 0. The Kier molecular flexibility index (Phi) is 6.63. The summed E-state index contributed by atoms with van der Waals surface area (Å²) in [6, 6.07) is 26.0. The first-order chi connectivity index (χ1) is 17.2. The van der Waals surface area contributed by atoms with E-state index < -0.39 is 0 Å². The Morgan fingerprint density at radius 3 is 2.26 bits per heavy atom. The molecule has 5 rings (SSSR count). The zero-order chi connectivity index (χ0) is 24.3. The zero-order valence-corrected chi connectivity index (χ0v) is 21.0. The van der Waals surface area contributed by atoms with Crippen LogP contribution < -0.4 is 4.74 Å². The predicted octanol–water partition coefficient (Wildman–Crippen LogP) is 8.53. The Hall–Kier alpha value is -3.52. The third kappa shape index (κ3) is 4.34. The summed E-state index contributed by atoms with van der Waals surface area (Å²) in [7, 11) is 0. The van der Waals surface area contributed by atoms with Crippen molar-refractivity contribution in [3.8, 4) is 16.9 Å². The molecule has 2 aliphatic rings. The minimum atomic E-state index is 0.0956. The number of benzene rings is 3. The van der Waals surface area contributed by atoms with Crippen LogP contribution in [0.15, 0.2) is 91.1 Å². The molecule has 2 heteroatoms. The molecule has 1 aliphatic carbocycles. The van der Waals surface area contributed by atoms with Crippen LogP contribution in [0.1, 0.15) is 69.1 Å². The van der Waals surface area contributed by atoms with E-state index in [0.717, 1.165) is 17.6 Å². The van der Waals surface area contributed by atoms with Gasteiger partial charge in [0, 0.05) is 5.41 Å². The van der Waals surface area contributed by atoms with Crippen LogP contribution in [0.3, 0.4) is 0 Å². The Morgan fingerprint density at radius 2 is 1.51 bits per heavy atom. The van der Waals surface area contributed by atoms with E-state index in [-0.39, 0.29) is 5.41 Å². The van der Waals surface area contributed by atoms with Gasteiger partial charge in [0.1, 0.15) is 5.75 Å². The highest BCUT2D eigenvalue weighted by Gasteiger charge is 2.42. The minimum Gasteiger partial charge on any atom is -0.450 e. The molecule has 0 saturated carbocycles. The largest absolute Gasteiger partial charge is 0.450 e. The Morgan fingerprint density at radius 1 is 0.829 bits per heavy atom. The second-order valence-electron chi connectivity index (χ2n) is 9.73. The molecule has 0 bridgehead atoms. The molecular weight excluding hydrogens is 426 g/mol. The normalized spacial score (nSPS) is 15.5. The molecule has 0 radical (unpaired) electrons. The van der Waals surface area contributed by atoms with E-state index in [1.54, 1.807) is 4.58 Å². The van der Waals surface area contributed by atoms with Crippen LogP contribution in [-0.4, -0.2) is 11.3 Å². The van der Waals surface area contributed by atoms with Crippen LogP contribution in [0.2, 0.25) is 0 Å². The molecule has 0 saturated heterocycles. The lowest BCUT2D eigenvalue weighted by Gasteiger charge is -2.33. The number of unbranched alkanes of at least 4 members (excludes halogenated alkanes) is 2. The second-order valence-corrected chi connectivity index (χ2v) is 9.73. The van der Waals surface area contributed by atoms with Crippen LogP contribution >= 0.6 is 0 Å². The maximum atomic E-state index is 6.16. The van der Waals surface area contributed by atoms with E-state index in [0.29, 0.717) is 0 Å². The maximum Gasteiger partial charge on any atom is 0.287 e. The SMILES string of the molecule is C=[N+]1C=CC(c2ccc3c(c2)C(CCCC)(CCCC)c2ccccc2-3)=C[C-]1Oc1ccccc1. The number of fused-ring (bicyclic) bond motifs is 3. The molecule has 0 N–H and O–H groups in total. The first-order valence-electron chi connectivity index (χ1n) is 13.0. The van der Waals surface area contributed by atoms with Crippen LogP contribution in [0.4, 0.5) is 0 Å². The van der Waals surface area contributed by atoms with Crippen LogP contribution in [0, 0.1) is 6.23 Å². The number of nitrogens with zero attached hydrogens (tertiary/aromatic N) is 1. The fourth-order valence-electron chi connectivity index (χ4n) is 5.64. The van der Waals surface area contributed by atoms with Gasteiger partial charge < -0.3 is 4.74 Å². The summed E-state index contributed by atoms with van der Waals surface area (Å²) >= 11 is 0. The fourth-order valence-corrected chi connectivity index (χ4v) is 5.64. The van der Waals surface area contributed by atoms with E-state index in [1.807, 2.05) is 36.5 Å². The summed E-state index contributed by atoms with van der Waals surface area (Å²) in [6.07, 6.45) is 14.3. The zero-order valence-electron chi connectivity index (χ0n) is 21.0. The fraction of sp³-hybridized carbons (Fsp3) is 0.273. The van der Waals surface area contributed by atoms with Crippen molar-refractivity contribution in [2.45, 2.75) is 57.8 Å². The van der Waals surface area contributed by atoms with Gasteiger partial charge in [0.25, 0.3) is 6.23 Å². The van der Waals surface area contributed by atoms with E-state index >= 15 is 0 Å². The van der Waals surface area contributed by atoms with Crippen molar-refractivity contribution >= 4 is 12.3 Å². The standard InChI is InChI=1S/C33H35NO/c1-4-6-20-33(21-7-5-2)30-16-12-11-15-28(30)29-18-17-25(23-31(29)33)26-19-22-34(3)32(24-26)35-27-13-9-8-10-14-27/h8-19,22-24H,3-7,20-21H2,1-2H3. The number of rotatable bonds is 9. The molecule has 3 aromatic rings. The second kappa shape index (κ2) is 10.00. The number of ether oxygens (including phenoxy) is 1. The first-order valence-corrected chi connectivity index (χ1v) is 13.0. The molecular formula is C33H35NO. The summed E-state index contributed by atoms with van der Waals surface area (Å²) in [5.74, 6) is 0.810. The van der Waals surface area contributed by atoms with Crippen molar-refractivity contribution in [1.82, 2.24) is 0 Å². The molecule has 0 aromatic heterocycles. The molecule has 178 valence electrons. The molecule has 35 heavy (non-hydrogen) atoms. The van der Waals surface area contributed by atoms with E-state index in [4.69, 9.17) is 4.74 Å². The van der Waals surface area contributed by atoms with Gasteiger partial charge in [-0.2, -0.15) is 0 Å². The minimum absolute atomic E-state index is 0.0956. The molecule has 0 spiro atoms. The average molecular weight is 462 g/mol. The number of para-hydroxylation sites is 1. The third-order valence-corrected chi connectivity index (χ3v) is 7.48. The van der Waals surface area contributed by atoms with E-state index in [9.17, 15) is 0 Å². The van der Waals surface area contributed by atoms with Crippen molar-refractivity contribution in [3.63, 3.8) is 0 Å². The number of allylic oxidation sites excluding steroid dienone is 2. The van der Waals surface area contributed by atoms with Gasteiger partial charge >= 0.3 is 0 Å². The maximum absolute atomic E-state index is 6.16. The van der Waals surface area contributed by atoms with Gasteiger partial charge in [-0.1, -0.05) is 117 Å². The monoisotopic (exact) mass is 461 g/mol. The van der Waals surface area contributed by atoms with Gasteiger partial charge in [-0.05, 0) is 53.3 Å². The van der Waals surface area contributed by atoms with Crippen molar-refractivity contribution in [2.75, 3.05) is 0 Å². The summed E-state index contributed by atoms with van der Waals surface area (Å²) in [5.41, 5.74) is 8.30. The first kappa shape index (κ1) is 23.2. The Balaban J connectivity index is 1.56. The van der Waals surface area contributed by atoms with Crippen molar-refractivity contribution in [3.05, 3.63) is 114 Å². The quantitative estimate of drug-likeness (QED) is 0.230. The molecule has 0 unspecified atom stereocenters. The summed E-state index contributed by atoms with van der Waals surface area (Å²) in [4.78, 5) is 0. The van der Waals surface area contributed by atoms with Gasteiger partial charge in [-0.25, -0.2) is 0 Å². The van der Waals surface area contributed by atoms with Crippen LogP contribution in [0.5, 0.6) is 5.75 Å². The van der Waals surface area contributed by atoms with Crippen molar-refractivity contribution in [2.24, 2.45) is 0 Å². The highest BCUT2D eigenvalue weighted by atomic mass is 16.5. The third-order valence-electron chi connectivity index (χ3n) is 7.48. The van der Waals surface area contributed by atoms with Gasteiger partial charge in [0.05, 0.1) is 12.9 Å². The summed E-state index contributed by atoms with van der Waals surface area (Å²) in [6.45, 7) is 8.73. The topological polar surface area (TPSA) is 12.2 Å². The Bertz CT molecular complexity index is 1260. The van der Waals surface area contributed by atoms with Crippen LogP contribution in [-0.2, 0) is 5.41 Å². The van der Waals surface area contributed by atoms with Crippen molar-refractivity contribution < 1.29 is 9.31 Å². The van der Waals surface area contributed by atoms with E-state index in [2.05, 4.69) is 75.2 Å². The highest BCUT2D eigenvalue weighted by Crippen LogP contribution is 2.54. The van der Waals surface area contributed by atoms with Crippen molar-refractivity contribution in [1.29, 1.82) is 0 Å². The molecule has 2 nitrogen and oxygen atoms in total. The van der Waals surface area contributed by atoms with Crippen LogP contribution in [0.25, 0.3) is 16.7 Å². The lowest BCUT2D eigenvalue weighted by molar-refractivity contribution is -0.459. The number of hydrogen-bond acceptors (Lipinski definition) is 1. The highest BCUT2D eigenvalue weighted by molar-refractivity contribution is 5.85. The molecule has 1 aliphatic heterocycles. The summed E-state index contributed by atoms with van der Waals surface area (Å²) in [5, 5.41) is 0. The van der Waals surface area contributed by atoms with Gasteiger partial charge in [0.15, 0.2) is 0 Å². The smallest absolute Gasteiger partial charge is 0.287 e. The molecule has 1 heterocycles. The predicted molar refractivity (Wildman–Crippen MR) is 147 cm³/mol. The summed E-state index contributed by atoms with van der Waals surface area (Å²) < 4.78 is 7.95. The molecule has 3 aromatic carbocycles. The lowest BCUT2D eigenvalue weighted by Crippen LogP contribution is -2.25. The lowest BCUT2D eigenvalue weighted by atomic mass is 9.70. The molecule has 0 fully saturated rings. The van der Waals surface area contributed by atoms with Gasteiger partial charge in [-0.3, -0.25) is 4.58 Å². The Labute approximate surface area is 210 Å². The van der Waals surface area contributed by atoms with Gasteiger partial charge in [-0.15, -0.1) is 0 Å². The molecule has 0 atom stereocenters. The molecule has 0 amide bonds.